The van der Waals surface area contributed by atoms with Crippen LogP contribution in [0.15, 0.2) is 25.0 Å². The molecule has 1 aliphatic heterocycles. The lowest BCUT2D eigenvalue weighted by Gasteiger charge is -2.14. The van der Waals surface area contributed by atoms with Gasteiger partial charge in [0.1, 0.15) is 17.3 Å². The number of hydrogen-bond acceptors (Lipinski definition) is 3. The number of rotatable bonds is 2. The van der Waals surface area contributed by atoms with Crippen molar-refractivity contribution in [2.24, 2.45) is 5.92 Å². The van der Waals surface area contributed by atoms with Crippen LogP contribution >= 0.6 is 11.6 Å². The minimum absolute atomic E-state index is 0.0506. The monoisotopic (exact) mass is 223 g/mol. The first-order valence-electron chi connectivity index (χ1n) is 4.61. The molecule has 4 nitrogen and oxygen atoms in total. The smallest absolute Gasteiger partial charge is 0.228 e. The number of amides is 1. The van der Waals surface area contributed by atoms with Crippen molar-refractivity contribution in [1.82, 2.24) is 9.97 Å². The first kappa shape index (κ1) is 10.1. The maximum Gasteiger partial charge on any atom is 0.228 e. The van der Waals surface area contributed by atoms with Gasteiger partial charge in [0.15, 0.2) is 0 Å². The molecule has 0 N–H and O–H groups in total. The molecular formula is C10H10ClN3O. The summed E-state index contributed by atoms with van der Waals surface area (Å²) in [5.41, 5.74) is 0. The summed E-state index contributed by atoms with van der Waals surface area (Å²) >= 11 is 5.73. The summed E-state index contributed by atoms with van der Waals surface area (Å²) in [4.78, 5) is 21.0. The second-order valence-electron chi connectivity index (χ2n) is 3.40. The van der Waals surface area contributed by atoms with Gasteiger partial charge in [0.25, 0.3) is 0 Å². The molecule has 2 heterocycles. The van der Waals surface area contributed by atoms with Crippen molar-refractivity contribution in [1.29, 1.82) is 0 Å². The van der Waals surface area contributed by atoms with Crippen molar-refractivity contribution in [2.75, 3.05) is 11.4 Å². The highest BCUT2D eigenvalue weighted by molar-refractivity contribution is 6.29. The van der Waals surface area contributed by atoms with Crippen LogP contribution in [-0.2, 0) is 4.79 Å². The van der Waals surface area contributed by atoms with Gasteiger partial charge < -0.3 is 0 Å². The maximum absolute atomic E-state index is 11.6. The summed E-state index contributed by atoms with van der Waals surface area (Å²) in [6.07, 6.45) is 3.64. The SMILES string of the molecule is C=CC1CC(=O)N(c2cc(Cl)ncn2)C1. The van der Waals surface area contributed by atoms with Crippen molar-refractivity contribution in [2.45, 2.75) is 6.42 Å². The molecule has 1 aliphatic rings. The van der Waals surface area contributed by atoms with Gasteiger partial charge in [-0.05, 0) is 0 Å². The molecule has 0 saturated carbocycles. The molecule has 5 heteroatoms. The second kappa shape index (κ2) is 3.98. The second-order valence-corrected chi connectivity index (χ2v) is 3.79. The number of anilines is 1. The van der Waals surface area contributed by atoms with E-state index in [0.717, 1.165) is 0 Å². The van der Waals surface area contributed by atoms with Gasteiger partial charge in [-0.15, -0.1) is 6.58 Å². The van der Waals surface area contributed by atoms with Crippen molar-refractivity contribution >= 4 is 23.3 Å². The van der Waals surface area contributed by atoms with E-state index in [-0.39, 0.29) is 11.8 Å². The minimum Gasteiger partial charge on any atom is -0.296 e. The zero-order chi connectivity index (χ0) is 10.8. The third-order valence-electron chi connectivity index (χ3n) is 2.38. The van der Waals surface area contributed by atoms with Crippen LogP contribution in [0.5, 0.6) is 0 Å². The highest BCUT2D eigenvalue weighted by atomic mass is 35.5. The van der Waals surface area contributed by atoms with Crippen molar-refractivity contribution in [3.05, 3.63) is 30.2 Å². The highest BCUT2D eigenvalue weighted by Crippen LogP contribution is 2.24. The zero-order valence-corrected chi connectivity index (χ0v) is 8.81. The van der Waals surface area contributed by atoms with Gasteiger partial charge in [-0.2, -0.15) is 0 Å². The van der Waals surface area contributed by atoms with E-state index >= 15 is 0 Å². The lowest BCUT2D eigenvalue weighted by Crippen LogP contribution is -2.25. The summed E-state index contributed by atoms with van der Waals surface area (Å²) in [5.74, 6) is 0.810. The molecule has 1 atom stereocenters. The zero-order valence-electron chi connectivity index (χ0n) is 8.06. The lowest BCUT2D eigenvalue weighted by atomic mass is 10.1. The third-order valence-corrected chi connectivity index (χ3v) is 2.59. The summed E-state index contributed by atoms with van der Waals surface area (Å²) in [6, 6.07) is 1.59. The first-order valence-corrected chi connectivity index (χ1v) is 4.99. The molecule has 1 fully saturated rings. The van der Waals surface area contributed by atoms with E-state index in [1.807, 2.05) is 0 Å². The summed E-state index contributed by atoms with van der Waals surface area (Å²) in [6.45, 7) is 4.31. The molecule has 15 heavy (non-hydrogen) atoms. The van der Waals surface area contributed by atoms with Gasteiger partial charge in [0.05, 0.1) is 0 Å². The molecule has 0 bridgehead atoms. The Labute approximate surface area is 92.6 Å². The summed E-state index contributed by atoms with van der Waals surface area (Å²) in [7, 11) is 0. The van der Waals surface area contributed by atoms with E-state index in [1.54, 1.807) is 17.0 Å². The van der Waals surface area contributed by atoms with E-state index in [1.165, 1.54) is 6.33 Å². The number of carbonyl (C=O) groups excluding carboxylic acids is 1. The molecule has 1 aromatic rings. The molecular weight excluding hydrogens is 214 g/mol. The quantitative estimate of drug-likeness (QED) is 0.566. The molecule has 1 amide bonds. The molecule has 0 spiro atoms. The standard InChI is InChI=1S/C10H10ClN3O/c1-2-7-3-10(15)14(5-7)9-4-8(11)12-6-13-9/h2,4,6-7H,1,3,5H2. The van der Waals surface area contributed by atoms with Gasteiger partial charge in [-0.1, -0.05) is 17.7 Å². The highest BCUT2D eigenvalue weighted by Gasteiger charge is 2.29. The van der Waals surface area contributed by atoms with Gasteiger partial charge in [0, 0.05) is 24.9 Å². The number of hydrogen-bond donors (Lipinski definition) is 0. The lowest BCUT2D eigenvalue weighted by molar-refractivity contribution is -0.117. The summed E-state index contributed by atoms with van der Waals surface area (Å²) in [5, 5.41) is 0.342. The van der Waals surface area contributed by atoms with Crippen LogP contribution in [0.3, 0.4) is 0 Å². The van der Waals surface area contributed by atoms with Crippen LogP contribution in [0.4, 0.5) is 5.82 Å². The van der Waals surface area contributed by atoms with E-state index in [9.17, 15) is 4.79 Å². The van der Waals surface area contributed by atoms with Crippen molar-refractivity contribution in [3.8, 4) is 0 Å². The third kappa shape index (κ3) is 1.99. The Morgan fingerprint density at radius 3 is 3.00 bits per heavy atom. The fraction of sp³-hybridized carbons (Fsp3) is 0.300. The Kier molecular flexibility index (Phi) is 2.68. The molecule has 2 rings (SSSR count). The Morgan fingerprint density at radius 1 is 1.60 bits per heavy atom. The fourth-order valence-corrected chi connectivity index (χ4v) is 1.73. The number of aromatic nitrogens is 2. The summed E-state index contributed by atoms with van der Waals surface area (Å²) < 4.78 is 0. The largest absolute Gasteiger partial charge is 0.296 e. The van der Waals surface area contributed by atoms with E-state index in [0.29, 0.717) is 23.9 Å². The average Bonchev–Trinajstić information content (AvgIpc) is 2.60. The maximum atomic E-state index is 11.6. The molecule has 78 valence electrons. The predicted molar refractivity (Wildman–Crippen MR) is 57.7 cm³/mol. The van der Waals surface area contributed by atoms with Crippen LogP contribution in [0.25, 0.3) is 0 Å². The average molecular weight is 224 g/mol. The number of carbonyl (C=O) groups is 1. The van der Waals surface area contributed by atoms with Crippen LogP contribution in [-0.4, -0.2) is 22.4 Å². The normalized spacial score (nSPS) is 20.7. The molecule has 0 aliphatic carbocycles. The molecule has 0 radical (unpaired) electrons. The predicted octanol–water partition coefficient (Wildman–Crippen LogP) is 1.67. The van der Waals surface area contributed by atoms with E-state index in [4.69, 9.17) is 11.6 Å². The van der Waals surface area contributed by atoms with Crippen LogP contribution in [0, 0.1) is 5.92 Å². The number of halogens is 1. The first-order chi connectivity index (χ1) is 7.20. The Bertz CT molecular complexity index is 407. The van der Waals surface area contributed by atoms with E-state index in [2.05, 4.69) is 16.5 Å². The molecule has 0 aromatic carbocycles. The van der Waals surface area contributed by atoms with Crippen LogP contribution < -0.4 is 4.90 Å². The van der Waals surface area contributed by atoms with Gasteiger partial charge in [0.2, 0.25) is 5.91 Å². The number of nitrogens with zero attached hydrogens (tertiary/aromatic N) is 3. The Morgan fingerprint density at radius 2 is 2.40 bits per heavy atom. The van der Waals surface area contributed by atoms with Crippen molar-refractivity contribution < 1.29 is 4.79 Å². The van der Waals surface area contributed by atoms with Gasteiger partial charge >= 0.3 is 0 Å². The van der Waals surface area contributed by atoms with Crippen LogP contribution in [0.2, 0.25) is 5.15 Å². The topological polar surface area (TPSA) is 46.1 Å². The minimum atomic E-state index is 0.0506. The Hall–Kier alpha value is -1.42. The fourth-order valence-electron chi connectivity index (χ4n) is 1.59. The molecule has 1 saturated heterocycles. The van der Waals surface area contributed by atoms with E-state index < -0.39 is 0 Å². The van der Waals surface area contributed by atoms with Crippen LogP contribution in [0.1, 0.15) is 6.42 Å². The Balaban J connectivity index is 2.25. The van der Waals surface area contributed by atoms with Crippen molar-refractivity contribution in [3.63, 3.8) is 0 Å². The molecule has 1 unspecified atom stereocenters. The van der Waals surface area contributed by atoms with Gasteiger partial charge in [-0.25, -0.2) is 9.97 Å². The molecule has 1 aromatic heterocycles. The van der Waals surface area contributed by atoms with Gasteiger partial charge in [-0.3, -0.25) is 9.69 Å².